The van der Waals surface area contributed by atoms with Gasteiger partial charge in [0.25, 0.3) is 5.91 Å². The van der Waals surface area contributed by atoms with Gasteiger partial charge in [0.2, 0.25) is 0 Å². The van der Waals surface area contributed by atoms with Crippen LogP contribution in [0.4, 0.5) is 11.4 Å². The summed E-state index contributed by atoms with van der Waals surface area (Å²) in [5.74, 6) is 1.27. The molecule has 0 unspecified atom stereocenters. The third-order valence-electron chi connectivity index (χ3n) is 4.83. The van der Waals surface area contributed by atoms with Gasteiger partial charge >= 0.3 is 0 Å². The summed E-state index contributed by atoms with van der Waals surface area (Å²) in [6.45, 7) is 0. The Balaban J connectivity index is 1.50. The Morgan fingerprint density at radius 3 is 2.25 bits per heavy atom. The first-order valence-electron chi connectivity index (χ1n) is 9.96. The highest BCUT2D eigenvalue weighted by molar-refractivity contribution is 14.1. The first kappa shape index (κ1) is 20.8. The number of thioether (sulfide) groups is 1. The van der Waals surface area contributed by atoms with Crippen molar-refractivity contribution in [2.45, 2.75) is 0 Å². The van der Waals surface area contributed by atoms with Crippen molar-refractivity contribution in [3.05, 3.63) is 111 Å². The van der Waals surface area contributed by atoms with Crippen molar-refractivity contribution < 1.29 is 9.21 Å². The van der Waals surface area contributed by atoms with Gasteiger partial charge in [-0.05, 0) is 82.9 Å². The van der Waals surface area contributed by atoms with Crippen LogP contribution in [-0.4, -0.2) is 11.1 Å². The molecule has 0 spiro atoms. The summed E-state index contributed by atoms with van der Waals surface area (Å²) in [5, 5.41) is 0.614. The van der Waals surface area contributed by atoms with Crippen molar-refractivity contribution >= 4 is 62.9 Å². The Bertz CT molecular complexity index is 1310. The van der Waals surface area contributed by atoms with E-state index in [2.05, 4.69) is 22.6 Å². The number of rotatable bonds is 4. The summed E-state index contributed by atoms with van der Waals surface area (Å²) in [6.07, 6.45) is 1.78. The van der Waals surface area contributed by atoms with Gasteiger partial charge in [-0.15, -0.1) is 0 Å². The highest BCUT2D eigenvalue weighted by atomic mass is 127. The SMILES string of the molecule is O=C1C(=Cc2ccc(-c3ccc(I)cc3)o2)SC(=Nc2ccccc2)N1c1ccccc1. The Kier molecular flexibility index (Phi) is 5.96. The van der Waals surface area contributed by atoms with Gasteiger partial charge in [-0.25, -0.2) is 4.99 Å². The standard InChI is InChI=1S/C26H17IN2O2S/c27-19-13-11-18(12-14-19)23-16-15-22(31-23)17-24-25(30)29(21-9-5-2-6-10-21)26(32-24)28-20-7-3-1-4-8-20/h1-17H. The van der Waals surface area contributed by atoms with Gasteiger partial charge in [-0.2, -0.15) is 0 Å². The van der Waals surface area contributed by atoms with E-state index in [1.807, 2.05) is 97.1 Å². The molecule has 1 aliphatic heterocycles. The summed E-state index contributed by atoms with van der Waals surface area (Å²) in [7, 11) is 0. The first-order valence-corrected chi connectivity index (χ1v) is 11.9. The van der Waals surface area contributed by atoms with Crippen LogP contribution < -0.4 is 4.90 Å². The normalized spacial score (nSPS) is 16.3. The van der Waals surface area contributed by atoms with Gasteiger partial charge in [0.15, 0.2) is 5.17 Å². The van der Waals surface area contributed by atoms with Crippen molar-refractivity contribution in [2.24, 2.45) is 4.99 Å². The van der Waals surface area contributed by atoms with Gasteiger partial charge < -0.3 is 4.42 Å². The van der Waals surface area contributed by atoms with Crippen LogP contribution in [0.3, 0.4) is 0 Å². The molecule has 32 heavy (non-hydrogen) atoms. The van der Waals surface area contributed by atoms with Crippen LogP contribution in [0.2, 0.25) is 0 Å². The van der Waals surface area contributed by atoms with Crippen LogP contribution >= 0.6 is 34.4 Å². The summed E-state index contributed by atoms with van der Waals surface area (Å²) in [5.41, 5.74) is 2.57. The summed E-state index contributed by atoms with van der Waals surface area (Å²) in [6, 6.07) is 31.1. The van der Waals surface area contributed by atoms with Crippen molar-refractivity contribution in [1.82, 2.24) is 0 Å². The molecule has 1 aromatic heterocycles. The molecule has 0 radical (unpaired) electrons. The fourth-order valence-corrected chi connectivity index (χ4v) is 4.64. The van der Waals surface area contributed by atoms with Crippen LogP contribution in [0.5, 0.6) is 0 Å². The largest absolute Gasteiger partial charge is 0.457 e. The fraction of sp³-hybridized carbons (Fsp3) is 0. The average Bonchev–Trinajstić information content (AvgIpc) is 3.40. The fourth-order valence-electron chi connectivity index (χ4n) is 3.30. The van der Waals surface area contributed by atoms with Crippen molar-refractivity contribution in [3.8, 4) is 11.3 Å². The van der Waals surface area contributed by atoms with Gasteiger partial charge in [-0.3, -0.25) is 9.69 Å². The van der Waals surface area contributed by atoms with E-state index in [4.69, 9.17) is 9.41 Å². The summed E-state index contributed by atoms with van der Waals surface area (Å²) >= 11 is 3.62. The second-order valence-corrected chi connectivity index (χ2v) is 9.28. The Morgan fingerprint density at radius 1 is 0.844 bits per heavy atom. The molecular weight excluding hydrogens is 531 g/mol. The van der Waals surface area contributed by atoms with E-state index in [0.29, 0.717) is 15.8 Å². The van der Waals surface area contributed by atoms with Crippen LogP contribution in [0.1, 0.15) is 5.76 Å². The molecule has 0 saturated carbocycles. The highest BCUT2D eigenvalue weighted by Gasteiger charge is 2.35. The number of benzene rings is 3. The lowest BCUT2D eigenvalue weighted by Gasteiger charge is -2.15. The van der Waals surface area contributed by atoms with E-state index in [9.17, 15) is 4.79 Å². The minimum Gasteiger partial charge on any atom is -0.457 e. The number of carbonyl (C=O) groups excluding carboxylic acids is 1. The van der Waals surface area contributed by atoms with Crippen LogP contribution in [0.25, 0.3) is 17.4 Å². The maximum atomic E-state index is 13.3. The van der Waals surface area contributed by atoms with E-state index in [-0.39, 0.29) is 5.91 Å². The number of halogens is 1. The monoisotopic (exact) mass is 548 g/mol. The van der Waals surface area contributed by atoms with E-state index in [1.54, 1.807) is 11.0 Å². The van der Waals surface area contributed by atoms with Gasteiger partial charge in [0.1, 0.15) is 11.5 Å². The summed E-state index contributed by atoms with van der Waals surface area (Å²) in [4.78, 5) is 20.3. The Morgan fingerprint density at radius 2 is 1.53 bits per heavy atom. The molecule has 156 valence electrons. The second-order valence-electron chi connectivity index (χ2n) is 7.03. The Hall–Kier alpha value is -3.10. The van der Waals surface area contributed by atoms with Gasteiger partial charge in [0, 0.05) is 15.2 Å². The molecule has 1 amide bonds. The molecule has 0 atom stereocenters. The molecule has 3 aromatic carbocycles. The van der Waals surface area contributed by atoms with Crippen LogP contribution in [0.15, 0.2) is 111 Å². The van der Waals surface area contributed by atoms with E-state index >= 15 is 0 Å². The minimum absolute atomic E-state index is 0.122. The lowest BCUT2D eigenvalue weighted by molar-refractivity contribution is -0.113. The number of hydrogen-bond donors (Lipinski definition) is 0. The molecule has 1 fully saturated rings. The molecule has 0 aliphatic carbocycles. The van der Waals surface area contributed by atoms with Crippen molar-refractivity contribution in [3.63, 3.8) is 0 Å². The first-order chi connectivity index (χ1) is 15.7. The number of hydrogen-bond acceptors (Lipinski definition) is 4. The molecule has 0 N–H and O–H groups in total. The number of anilines is 1. The number of nitrogens with zero attached hydrogens (tertiary/aromatic N) is 2. The van der Waals surface area contributed by atoms with Crippen LogP contribution in [-0.2, 0) is 4.79 Å². The lowest BCUT2D eigenvalue weighted by Crippen LogP contribution is -2.28. The zero-order valence-electron chi connectivity index (χ0n) is 16.8. The number of amidine groups is 1. The second kappa shape index (κ2) is 9.18. The van der Waals surface area contributed by atoms with Gasteiger partial charge in [0.05, 0.1) is 16.3 Å². The number of furan rings is 1. The maximum Gasteiger partial charge on any atom is 0.271 e. The summed E-state index contributed by atoms with van der Waals surface area (Å²) < 4.78 is 7.18. The zero-order valence-corrected chi connectivity index (χ0v) is 19.8. The highest BCUT2D eigenvalue weighted by Crippen LogP contribution is 2.37. The van der Waals surface area contributed by atoms with E-state index in [0.717, 1.165) is 22.7 Å². The predicted octanol–water partition coefficient (Wildman–Crippen LogP) is 7.36. The smallest absolute Gasteiger partial charge is 0.271 e. The third kappa shape index (κ3) is 4.42. The minimum atomic E-state index is -0.122. The quantitative estimate of drug-likeness (QED) is 0.198. The molecule has 5 rings (SSSR count). The molecule has 0 bridgehead atoms. The molecule has 6 heteroatoms. The molecule has 1 saturated heterocycles. The molecular formula is C26H17IN2O2S. The predicted molar refractivity (Wildman–Crippen MR) is 140 cm³/mol. The topological polar surface area (TPSA) is 45.8 Å². The third-order valence-corrected chi connectivity index (χ3v) is 6.52. The van der Waals surface area contributed by atoms with E-state index in [1.165, 1.54) is 15.3 Å². The Labute approximate surface area is 203 Å². The molecule has 4 aromatic rings. The van der Waals surface area contributed by atoms with E-state index < -0.39 is 0 Å². The number of amides is 1. The van der Waals surface area contributed by atoms with Crippen LogP contribution in [0, 0.1) is 3.57 Å². The maximum absolute atomic E-state index is 13.3. The lowest BCUT2D eigenvalue weighted by atomic mass is 10.2. The molecule has 4 nitrogen and oxygen atoms in total. The number of carbonyl (C=O) groups is 1. The number of aliphatic imine (C=N–C) groups is 1. The van der Waals surface area contributed by atoms with Crippen molar-refractivity contribution in [2.75, 3.05) is 4.90 Å². The molecule has 1 aliphatic rings. The number of para-hydroxylation sites is 2. The molecule has 2 heterocycles. The average molecular weight is 548 g/mol. The van der Waals surface area contributed by atoms with Crippen molar-refractivity contribution in [1.29, 1.82) is 0 Å². The van der Waals surface area contributed by atoms with Gasteiger partial charge in [-0.1, -0.05) is 48.5 Å². The zero-order chi connectivity index (χ0) is 21.9.